The molecule has 2 aromatic rings. The molecule has 0 saturated carbocycles. The fourth-order valence-electron chi connectivity index (χ4n) is 1.68. The van der Waals surface area contributed by atoms with Crippen LogP contribution < -0.4 is 5.32 Å². The first-order valence-corrected chi connectivity index (χ1v) is 6.83. The predicted molar refractivity (Wildman–Crippen MR) is 78.4 cm³/mol. The Hall–Kier alpha value is -1.62. The first-order valence-electron chi connectivity index (χ1n) is 6.03. The van der Waals surface area contributed by atoms with E-state index >= 15 is 0 Å². The standard InChI is InChI=1S/C14H16BrN3O/c1-14(2,15)13(19)16-10-11-6-3-4-7-12(11)18-9-5-8-17-18/h3-9H,10H2,1-2H3,(H,16,19). The van der Waals surface area contributed by atoms with Gasteiger partial charge in [0, 0.05) is 18.9 Å². The number of benzene rings is 1. The minimum Gasteiger partial charge on any atom is -0.351 e. The van der Waals surface area contributed by atoms with Crippen LogP contribution in [0.2, 0.25) is 0 Å². The monoisotopic (exact) mass is 321 g/mol. The zero-order valence-corrected chi connectivity index (χ0v) is 12.5. The fraction of sp³-hybridized carbons (Fsp3) is 0.286. The van der Waals surface area contributed by atoms with Crippen LogP contribution in [0.4, 0.5) is 0 Å². The average molecular weight is 322 g/mol. The quantitative estimate of drug-likeness (QED) is 0.880. The van der Waals surface area contributed by atoms with Crippen molar-refractivity contribution in [1.82, 2.24) is 15.1 Å². The van der Waals surface area contributed by atoms with E-state index in [4.69, 9.17) is 0 Å². The van der Waals surface area contributed by atoms with Gasteiger partial charge in [-0.25, -0.2) is 4.68 Å². The van der Waals surface area contributed by atoms with E-state index in [0.717, 1.165) is 11.3 Å². The van der Waals surface area contributed by atoms with Crippen molar-refractivity contribution in [3.05, 3.63) is 48.3 Å². The van der Waals surface area contributed by atoms with Crippen molar-refractivity contribution in [2.24, 2.45) is 0 Å². The van der Waals surface area contributed by atoms with E-state index in [1.54, 1.807) is 10.9 Å². The molecular formula is C14H16BrN3O. The molecule has 1 amide bonds. The zero-order valence-electron chi connectivity index (χ0n) is 10.9. The van der Waals surface area contributed by atoms with Crippen molar-refractivity contribution in [2.75, 3.05) is 0 Å². The van der Waals surface area contributed by atoms with Crippen molar-refractivity contribution in [3.63, 3.8) is 0 Å². The van der Waals surface area contributed by atoms with E-state index in [9.17, 15) is 4.79 Å². The number of carbonyl (C=O) groups excluding carboxylic acids is 1. The molecule has 4 nitrogen and oxygen atoms in total. The molecule has 0 unspecified atom stereocenters. The van der Waals surface area contributed by atoms with Crippen molar-refractivity contribution in [2.45, 2.75) is 24.7 Å². The summed E-state index contributed by atoms with van der Waals surface area (Å²) < 4.78 is 1.23. The third-order valence-corrected chi connectivity index (χ3v) is 3.08. The van der Waals surface area contributed by atoms with Gasteiger partial charge in [-0.3, -0.25) is 4.79 Å². The van der Waals surface area contributed by atoms with Gasteiger partial charge in [-0.2, -0.15) is 5.10 Å². The van der Waals surface area contributed by atoms with Gasteiger partial charge in [-0.1, -0.05) is 34.1 Å². The molecule has 0 aliphatic carbocycles. The van der Waals surface area contributed by atoms with Crippen LogP contribution in [0.3, 0.4) is 0 Å². The summed E-state index contributed by atoms with van der Waals surface area (Å²) >= 11 is 3.35. The Bertz CT molecular complexity index is 558. The minimum atomic E-state index is -0.562. The van der Waals surface area contributed by atoms with Crippen LogP contribution in [-0.4, -0.2) is 20.0 Å². The number of carbonyl (C=O) groups is 1. The van der Waals surface area contributed by atoms with Crippen LogP contribution in [0.1, 0.15) is 19.4 Å². The molecule has 2 rings (SSSR count). The Morgan fingerprint density at radius 2 is 2.11 bits per heavy atom. The number of aromatic nitrogens is 2. The lowest BCUT2D eigenvalue weighted by molar-refractivity contribution is -0.122. The Morgan fingerprint density at radius 1 is 1.37 bits per heavy atom. The van der Waals surface area contributed by atoms with Crippen LogP contribution in [0.15, 0.2) is 42.7 Å². The molecule has 0 saturated heterocycles. The molecule has 19 heavy (non-hydrogen) atoms. The number of hydrogen-bond donors (Lipinski definition) is 1. The van der Waals surface area contributed by atoms with Gasteiger partial charge < -0.3 is 5.32 Å². The Balaban J connectivity index is 2.16. The second kappa shape index (κ2) is 5.57. The summed E-state index contributed by atoms with van der Waals surface area (Å²) in [5.74, 6) is -0.0391. The van der Waals surface area contributed by atoms with Crippen LogP contribution in [0.5, 0.6) is 0 Å². The number of nitrogens with one attached hydrogen (secondary N) is 1. The SMILES string of the molecule is CC(C)(Br)C(=O)NCc1ccccc1-n1cccn1. The highest BCUT2D eigenvalue weighted by atomic mass is 79.9. The van der Waals surface area contributed by atoms with Gasteiger partial charge in [0.2, 0.25) is 5.91 Å². The summed E-state index contributed by atoms with van der Waals surface area (Å²) in [4.78, 5) is 11.9. The van der Waals surface area contributed by atoms with Gasteiger partial charge in [0.25, 0.3) is 0 Å². The minimum absolute atomic E-state index is 0.0391. The number of para-hydroxylation sites is 1. The number of rotatable bonds is 4. The Labute approximate surface area is 120 Å². The molecule has 0 fully saturated rings. The predicted octanol–water partition coefficient (Wildman–Crippen LogP) is 2.66. The molecule has 0 aliphatic rings. The van der Waals surface area contributed by atoms with Crippen LogP contribution in [0, 0.1) is 0 Å². The lowest BCUT2D eigenvalue weighted by Gasteiger charge is -2.17. The number of alkyl halides is 1. The van der Waals surface area contributed by atoms with Gasteiger partial charge in [-0.15, -0.1) is 0 Å². The molecule has 1 heterocycles. The van der Waals surface area contributed by atoms with E-state index in [-0.39, 0.29) is 5.91 Å². The molecule has 1 aromatic heterocycles. The molecule has 1 aromatic carbocycles. The molecule has 0 radical (unpaired) electrons. The molecule has 0 aliphatic heterocycles. The number of amides is 1. The number of halogens is 1. The maximum Gasteiger partial charge on any atom is 0.236 e. The largest absolute Gasteiger partial charge is 0.351 e. The summed E-state index contributed by atoms with van der Waals surface area (Å²) in [6.45, 7) is 4.12. The van der Waals surface area contributed by atoms with Crippen molar-refractivity contribution < 1.29 is 4.79 Å². The van der Waals surface area contributed by atoms with Gasteiger partial charge in [-0.05, 0) is 31.5 Å². The van der Waals surface area contributed by atoms with E-state index in [1.165, 1.54) is 0 Å². The third kappa shape index (κ3) is 3.44. The van der Waals surface area contributed by atoms with Crippen LogP contribution >= 0.6 is 15.9 Å². The molecule has 5 heteroatoms. The highest BCUT2D eigenvalue weighted by molar-refractivity contribution is 9.10. The van der Waals surface area contributed by atoms with Crippen molar-refractivity contribution >= 4 is 21.8 Å². The van der Waals surface area contributed by atoms with Gasteiger partial charge >= 0.3 is 0 Å². The number of hydrogen-bond acceptors (Lipinski definition) is 2. The maximum absolute atomic E-state index is 11.9. The van der Waals surface area contributed by atoms with E-state index in [1.807, 2.05) is 50.4 Å². The summed E-state index contributed by atoms with van der Waals surface area (Å²) in [6, 6.07) is 9.74. The Morgan fingerprint density at radius 3 is 2.74 bits per heavy atom. The second-order valence-corrected chi connectivity index (χ2v) is 6.72. The van der Waals surface area contributed by atoms with E-state index in [0.29, 0.717) is 6.54 Å². The number of nitrogens with zero attached hydrogens (tertiary/aromatic N) is 2. The summed E-state index contributed by atoms with van der Waals surface area (Å²) in [5.41, 5.74) is 2.00. The highest BCUT2D eigenvalue weighted by Gasteiger charge is 2.23. The molecular weight excluding hydrogens is 306 g/mol. The van der Waals surface area contributed by atoms with Gasteiger partial charge in [0.1, 0.15) is 0 Å². The topological polar surface area (TPSA) is 46.9 Å². The normalized spacial score (nSPS) is 11.3. The zero-order chi connectivity index (χ0) is 13.9. The van der Waals surface area contributed by atoms with Crippen LogP contribution in [-0.2, 0) is 11.3 Å². The lowest BCUT2D eigenvalue weighted by Crippen LogP contribution is -2.37. The average Bonchev–Trinajstić information content (AvgIpc) is 2.88. The summed E-state index contributed by atoms with van der Waals surface area (Å²) in [6.07, 6.45) is 3.62. The molecule has 1 N–H and O–H groups in total. The fourth-order valence-corrected chi connectivity index (χ4v) is 1.82. The Kier molecular flexibility index (Phi) is 4.04. The summed E-state index contributed by atoms with van der Waals surface area (Å²) in [5, 5.41) is 7.13. The molecule has 100 valence electrons. The summed E-state index contributed by atoms with van der Waals surface area (Å²) in [7, 11) is 0. The first-order chi connectivity index (χ1) is 8.98. The lowest BCUT2D eigenvalue weighted by atomic mass is 10.1. The van der Waals surface area contributed by atoms with E-state index in [2.05, 4.69) is 26.3 Å². The van der Waals surface area contributed by atoms with Gasteiger partial charge in [0.15, 0.2) is 0 Å². The highest BCUT2D eigenvalue weighted by Crippen LogP contribution is 2.17. The van der Waals surface area contributed by atoms with Gasteiger partial charge in [0.05, 0.1) is 10.0 Å². The third-order valence-electron chi connectivity index (χ3n) is 2.72. The first kappa shape index (κ1) is 13.8. The van der Waals surface area contributed by atoms with Crippen LogP contribution in [0.25, 0.3) is 5.69 Å². The van der Waals surface area contributed by atoms with Crippen molar-refractivity contribution in [3.8, 4) is 5.69 Å². The smallest absolute Gasteiger partial charge is 0.236 e. The molecule has 0 atom stereocenters. The van der Waals surface area contributed by atoms with E-state index < -0.39 is 4.32 Å². The maximum atomic E-state index is 11.9. The van der Waals surface area contributed by atoms with Crippen molar-refractivity contribution in [1.29, 1.82) is 0 Å². The molecule has 0 spiro atoms. The molecule has 0 bridgehead atoms. The second-order valence-electron chi connectivity index (χ2n) is 4.73.